The van der Waals surface area contributed by atoms with Crippen molar-refractivity contribution in [2.24, 2.45) is 0 Å². The number of rotatable bonds is 3. The lowest BCUT2D eigenvalue weighted by atomic mass is 10.1. The molecule has 0 saturated heterocycles. The van der Waals surface area contributed by atoms with E-state index in [9.17, 15) is 4.79 Å². The minimum Gasteiger partial charge on any atom is -0.465 e. The van der Waals surface area contributed by atoms with Gasteiger partial charge in [-0.2, -0.15) is 5.10 Å². The normalized spacial score (nSPS) is 10.8. The van der Waals surface area contributed by atoms with E-state index in [0.29, 0.717) is 12.1 Å². The fraction of sp³-hybridized carbons (Fsp3) is 0.200. The lowest BCUT2D eigenvalue weighted by Gasteiger charge is -2.00. The molecule has 3 rings (SSSR count). The molecule has 21 heavy (non-hydrogen) atoms. The molecule has 0 atom stereocenters. The number of aryl methyl sites for hydroxylation is 1. The molecule has 106 valence electrons. The van der Waals surface area contributed by atoms with Gasteiger partial charge in [0.05, 0.1) is 42.3 Å². The maximum Gasteiger partial charge on any atom is 0.338 e. The first-order valence-corrected chi connectivity index (χ1v) is 6.49. The van der Waals surface area contributed by atoms with E-state index in [0.717, 1.165) is 22.3 Å². The summed E-state index contributed by atoms with van der Waals surface area (Å²) in [6.45, 7) is 2.39. The van der Waals surface area contributed by atoms with E-state index in [1.54, 1.807) is 29.2 Å². The van der Waals surface area contributed by atoms with Crippen molar-refractivity contribution < 1.29 is 9.53 Å². The minimum atomic E-state index is -0.365. The third-order valence-corrected chi connectivity index (χ3v) is 3.16. The van der Waals surface area contributed by atoms with E-state index < -0.39 is 0 Å². The molecule has 0 fully saturated rings. The second-order valence-corrected chi connectivity index (χ2v) is 4.71. The van der Waals surface area contributed by atoms with Crippen LogP contribution in [0.2, 0.25) is 0 Å². The Hall–Kier alpha value is -2.76. The van der Waals surface area contributed by atoms with Gasteiger partial charge >= 0.3 is 5.97 Å². The summed E-state index contributed by atoms with van der Waals surface area (Å²) >= 11 is 0. The second kappa shape index (κ2) is 5.32. The predicted octanol–water partition coefficient (Wildman–Crippen LogP) is 1.97. The van der Waals surface area contributed by atoms with Crippen LogP contribution in [0, 0.1) is 6.92 Å². The molecule has 6 nitrogen and oxygen atoms in total. The molecular formula is C15H14N4O2. The Morgan fingerprint density at radius 3 is 2.86 bits per heavy atom. The highest BCUT2D eigenvalue weighted by atomic mass is 16.5. The summed E-state index contributed by atoms with van der Waals surface area (Å²) in [4.78, 5) is 20.3. The predicted molar refractivity (Wildman–Crippen MR) is 76.9 cm³/mol. The Morgan fingerprint density at radius 1 is 1.29 bits per heavy atom. The Kier molecular flexibility index (Phi) is 3.35. The van der Waals surface area contributed by atoms with Crippen molar-refractivity contribution in [3.63, 3.8) is 0 Å². The number of fused-ring (bicyclic) bond motifs is 1. The SMILES string of the molecule is COC(=O)c1cccc2nn(Cc3cnc(C)cn3)cc12. The van der Waals surface area contributed by atoms with Crippen LogP contribution in [-0.4, -0.2) is 32.8 Å². The molecule has 2 aromatic heterocycles. The van der Waals surface area contributed by atoms with Gasteiger partial charge in [-0.25, -0.2) is 4.79 Å². The van der Waals surface area contributed by atoms with E-state index in [1.807, 2.05) is 19.2 Å². The van der Waals surface area contributed by atoms with Gasteiger partial charge in [-0.15, -0.1) is 0 Å². The van der Waals surface area contributed by atoms with Crippen LogP contribution in [0.3, 0.4) is 0 Å². The number of benzene rings is 1. The van der Waals surface area contributed by atoms with Crippen molar-refractivity contribution in [3.05, 3.63) is 53.7 Å². The van der Waals surface area contributed by atoms with Gasteiger partial charge in [-0.1, -0.05) is 6.07 Å². The molecule has 1 aromatic carbocycles. The summed E-state index contributed by atoms with van der Waals surface area (Å²) < 4.78 is 6.53. The van der Waals surface area contributed by atoms with E-state index in [-0.39, 0.29) is 5.97 Å². The number of carbonyl (C=O) groups is 1. The number of ether oxygens (including phenoxy) is 1. The number of methoxy groups -OCH3 is 1. The zero-order chi connectivity index (χ0) is 14.8. The van der Waals surface area contributed by atoms with Crippen molar-refractivity contribution in [3.8, 4) is 0 Å². The van der Waals surface area contributed by atoms with Crippen LogP contribution < -0.4 is 0 Å². The van der Waals surface area contributed by atoms with Crippen LogP contribution in [0.4, 0.5) is 0 Å². The molecule has 0 amide bonds. The van der Waals surface area contributed by atoms with Gasteiger partial charge < -0.3 is 4.74 Å². The second-order valence-electron chi connectivity index (χ2n) is 4.71. The molecule has 0 unspecified atom stereocenters. The number of hydrogen-bond acceptors (Lipinski definition) is 5. The first-order chi connectivity index (χ1) is 10.2. The van der Waals surface area contributed by atoms with E-state index in [2.05, 4.69) is 15.1 Å². The number of esters is 1. The average molecular weight is 282 g/mol. The first-order valence-electron chi connectivity index (χ1n) is 6.49. The third-order valence-electron chi connectivity index (χ3n) is 3.16. The summed E-state index contributed by atoms with van der Waals surface area (Å²) in [6.07, 6.45) is 5.27. The summed E-state index contributed by atoms with van der Waals surface area (Å²) in [5, 5.41) is 5.22. The number of aromatic nitrogens is 4. The van der Waals surface area contributed by atoms with Crippen LogP contribution in [-0.2, 0) is 11.3 Å². The summed E-state index contributed by atoms with van der Waals surface area (Å²) in [6, 6.07) is 5.38. The highest BCUT2D eigenvalue weighted by molar-refractivity contribution is 6.03. The third kappa shape index (κ3) is 2.60. The largest absolute Gasteiger partial charge is 0.465 e. The first kappa shape index (κ1) is 13.2. The van der Waals surface area contributed by atoms with Crippen LogP contribution in [0.15, 0.2) is 36.8 Å². The molecule has 0 saturated carbocycles. The highest BCUT2D eigenvalue weighted by Crippen LogP contribution is 2.18. The zero-order valence-corrected chi connectivity index (χ0v) is 11.8. The van der Waals surface area contributed by atoms with Gasteiger partial charge in [0.2, 0.25) is 0 Å². The fourth-order valence-electron chi connectivity index (χ4n) is 2.13. The van der Waals surface area contributed by atoms with Crippen molar-refractivity contribution in [1.29, 1.82) is 0 Å². The van der Waals surface area contributed by atoms with Gasteiger partial charge in [0.25, 0.3) is 0 Å². The maximum atomic E-state index is 11.8. The Morgan fingerprint density at radius 2 is 2.14 bits per heavy atom. The number of hydrogen-bond donors (Lipinski definition) is 0. The van der Waals surface area contributed by atoms with Crippen LogP contribution >= 0.6 is 0 Å². The molecule has 0 aliphatic heterocycles. The van der Waals surface area contributed by atoms with Gasteiger partial charge in [-0.3, -0.25) is 14.6 Å². The van der Waals surface area contributed by atoms with E-state index in [4.69, 9.17) is 4.74 Å². The van der Waals surface area contributed by atoms with Crippen molar-refractivity contribution in [2.45, 2.75) is 13.5 Å². The maximum absolute atomic E-state index is 11.8. The fourth-order valence-corrected chi connectivity index (χ4v) is 2.13. The standard InChI is InChI=1S/C15H14N4O2/c1-10-6-17-11(7-16-10)8-19-9-13-12(15(20)21-2)4-3-5-14(13)18-19/h3-7,9H,8H2,1-2H3. The zero-order valence-electron chi connectivity index (χ0n) is 11.8. The van der Waals surface area contributed by atoms with Crippen molar-refractivity contribution >= 4 is 16.9 Å². The quantitative estimate of drug-likeness (QED) is 0.687. The van der Waals surface area contributed by atoms with Crippen LogP contribution in [0.1, 0.15) is 21.7 Å². The summed E-state index contributed by atoms with van der Waals surface area (Å²) in [7, 11) is 1.37. The molecule has 0 N–H and O–H groups in total. The molecular weight excluding hydrogens is 268 g/mol. The van der Waals surface area contributed by atoms with Gasteiger partial charge in [0, 0.05) is 17.8 Å². The lowest BCUT2D eigenvalue weighted by Crippen LogP contribution is -2.03. The Balaban J connectivity index is 1.97. The van der Waals surface area contributed by atoms with Crippen molar-refractivity contribution in [2.75, 3.05) is 7.11 Å². The summed E-state index contributed by atoms with van der Waals surface area (Å²) in [5.41, 5.74) is 2.94. The monoisotopic (exact) mass is 282 g/mol. The molecule has 0 aliphatic rings. The van der Waals surface area contributed by atoms with Crippen LogP contribution in [0.25, 0.3) is 10.9 Å². The van der Waals surface area contributed by atoms with Gasteiger partial charge in [0.15, 0.2) is 0 Å². The minimum absolute atomic E-state index is 0.365. The molecule has 0 radical (unpaired) electrons. The molecule has 3 aromatic rings. The molecule has 0 bridgehead atoms. The topological polar surface area (TPSA) is 69.9 Å². The Labute approximate surface area is 121 Å². The molecule has 0 spiro atoms. The van der Waals surface area contributed by atoms with E-state index in [1.165, 1.54) is 7.11 Å². The number of nitrogens with zero attached hydrogens (tertiary/aromatic N) is 4. The van der Waals surface area contributed by atoms with Gasteiger partial charge in [-0.05, 0) is 19.1 Å². The molecule has 6 heteroatoms. The van der Waals surface area contributed by atoms with Crippen molar-refractivity contribution in [1.82, 2.24) is 19.7 Å². The Bertz CT molecular complexity index is 793. The van der Waals surface area contributed by atoms with Gasteiger partial charge in [0.1, 0.15) is 0 Å². The lowest BCUT2D eigenvalue weighted by molar-refractivity contribution is 0.0603. The van der Waals surface area contributed by atoms with E-state index >= 15 is 0 Å². The molecule has 2 heterocycles. The highest BCUT2D eigenvalue weighted by Gasteiger charge is 2.12. The average Bonchev–Trinajstić information content (AvgIpc) is 2.91. The van der Waals surface area contributed by atoms with Crippen LogP contribution in [0.5, 0.6) is 0 Å². The number of carbonyl (C=O) groups excluding carboxylic acids is 1. The smallest absolute Gasteiger partial charge is 0.338 e. The molecule has 0 aliphatic carbocycles. The summed E-state index contributed by atoms with van der Waals surface area (Å²) in [5.74, 6) is -0.365.